The second kappa shape index (κ2) is 12.2. The lowest BCUT2D eigenvalue weighted by atomic mass is 9.98. The smallest absolute Gasteiger partial charge is 0.328 e. The first-order valence-electron chi connectivity index (χ1n) is 11.3. The van der Waals surface area contributed by atoms with Crippen LogP contribution in [0.3, 0.4) is 0 Å². The molecule has 2 aromatic rings. The summed E-state index contributed by atoms with van der Waals surface area (Å²) in [6.07, 6.45) is -3.42. The molecule has 1 aromatic heterocycles. The van der Waals surface area contributed by atoms with E-state index in [0.29, 0.717) is 16.5 Å². The van der Waals surface area contributed by atoms with E-state index in [9.17, 15) is 24.0 Å². The number of aliphatic carboxylic acids is 1. The fourth-order valence-corrected chi connectivity index (χ4v) is 3.86. The van der Waals surface area contributed by atoms with Crippen LogP contribution in [0.25, 0.3) is 17.0 Å². The standard InChI is InChI=1S/C25H26O13/c1-12(26)33-11-19-22(34-13(2)27)23(35-14(3)28)24(36-15(4)29)25(37-19)38-21-16(6-8-20(30)31)5-7-18-17(21)9-10-32-18/h5-10,19,22-25H,11H2,1-4H3,(H,30,31)/t19-,22-,23+,24-,25+/m1/s1. The van der Waals surface area contributed by atoms with Crippen LogP contribution in [-0.4, -0.2) is 72.3 Å². The monoisotopic (exact) mass is 534 g/mol. The molecule has 1 aliphatic heterocycles. The summed E-state index contributed by atoms with van der Waals surface area (Å²) in [6, 6.07) is 4.69. The Hall–Kier alpha value is -4.39. The lowest BCUT2D eigenvalue weighted by Gasteiger charge is -2.44. The molecule has 1 N–H and O–H groups in total. The van der Waals surface area contributed by atoms with Crippen molar-refractivity contribution in [2.45, 2.75) is 58.4 Å². The second-order valence-electron chi connectivity index (χ2n) is 8.17. The number of hydrogen-bond acceptors (Lipinski definition) is 12. The van der Waals surface area contributed by atoms with Gasteiger partial charge in [0.1, 0.15) is 24.0 Å². The van der Waals surface area contributed by atoms with Gasteiger partial charge in [-0.2, -0.15) is 0 Å². The van der Waals surface area contributed by atoms with Gasteiger partial charge in [-0.25, -0.2) is 4.79 Å². The van der Waals surface area contributed by atoms with Crippen LogP contribution in [0.1, 0.15) is 33.3 Å². The third kappa shape index (κ3) is 7.09. The normalized spacial score (nSPS) is 23.0. The maximum absolute atomic E-state index is 12.0. The molecule has 1 aliphatic rings. The van der Waals surface area contributed by atoms with Crippen molar-refractivity contribution in [3.8, 4) is 5.75 Å². The zero-order valence-corrected chi connectivity index (χ0v) is 20.9. The molecule has 0 saturated carbocycles. The van der Waals surface area contributed by atoms with Crippen LogP contribution in [0.2, 0.25) is 0 Å². The van der Waals surface area contributed by atoms with Gasteiger partial charge >= 0.3 is 29.8 Å². The number of esters is 4. The van der Waals surface area contributed by atoms with E-state index in [2.05, 4.69) is 0 Å². The topological polar surface area (TPSA) is 174 Å². The summed E-state index contributed by atoms with van der Waals surface area (Å²) in [5.74, 6) is -4.14. The van der Waals surface area contributed by atoms with Gasteiger partial charge in [0.25, 0.3) is 0 Å². The Morgan fingerprint density at radius 3 is 2.11 bits per heavy atom. The van der Waals surface area contributed by atoms with Crippen LogP contribution in [0.15, 0.2) is 35.0 Å². The van der Waals surface area contributed by atoms with Gasteiger partial charge in [-0.3, -0.25) is 19.2 Å². The highest BCUT2D eigenvalue weighted by Crippen LogP contribution is 2.36. The minimum atomic E-state index is -1.51. The molecule has 0 bridgehead atoms. The Balaban J connectivity index is 2.12. The Morgan fingerprint density at radius 1 is 0.868 bits per heavy atom. The van der Waals surface area contributed by atoms with Crippen molar-refractivity contribution >= 4 is 46.9 Å². The summed E-state index contributed by atoms with van der Waals surface area (Å²) >= 11 is 0. The van der Waals surface area contributed by atoms with Crippen LogP contribution < -0.4 is 4.74 Å². The molecule has 0 aliphatic carbocycles. The third-order valence-corrected chi connectivity index (χ3v) is 5.20. The number of furan rings is 1. The highest BCUT2D eigenvalue weighted by molar-refractivity contribution is 5.91. The maximum Gasteiger partial charge on any atom is 0.328 e. The largest absolute Gasteiger partial charge is 0.478 e. The molecule has 204 valence electrons. The first-order valence-corrected chi connectivity index (χ1v) is 11.3. The average molecular weight is 534 g/mol. The molecular weight excluding hydrogens is 508 g/mol. The molecule has 13 heteroatoms. The van der Waals surface area contributed by atoms with Gasteiger partial charge in [0.05, 0.1) is 11.6 Å². The summed E-state index contributed by atoms with van der Waals surface area (Å²) in [4.78, 5) is 58.6. The number of carbonyl (C=O) groups excluding carboxylic acids is 4. The quantitative estimate of drug-likeness (QED) is 0.281. The minimum Gasteiger partial charge on any atom is -0.478 e. The predicted octanol–water partition coefficient (Wildman–Crippen LogP) is 1.99. The van der Waals surface area contributed by atoms with E-state index in [4.69, 9.17) is 37.9 Å². The number of ether oxygens (including phenoxy) is 6. The van der Waals surface area contributed by atoms with Crippen molar-refractivity contribution in [1.29, 1.82) is 0 Å². The Bertz CT molecular complexity index is 1240. The van der Waals surface area contributed by atoms with Crippen LogP contribution in [0, 0.1) is 0 Å². The molecule has 13 nitrogen and oxygen atoms in total. The minimum absolute atomic E-state index is 0.0923. The molecular formula is C25H26O13. The van der Waals surface area contributed by atoms with Crippen molar-refractivity contribution in [2.75, 3.05) is 6.61 Å². The molecule has 1 aromatic carbocycles. The zero-order valence-electron chi connectivity index (χ0n) is 20.9. The third-order valence-electron chi connectivity index (χ3n) is 5.20. The summed E-state index contributed by atoms with van der Waals surface area (Å²) in [5, 5.41) is 9.52. The van der Waals surface area contributed by atoms with Gasteiger partial charge in [-0.05, 0) is 24.3 Å². The molecule has 0 radical (unpaired) electrons. The van der Waals surface area contributed by atoms with E-state index in [1.165, 1.54) is 18.4 Å². The lowest BCUT2D eigenvalue weighted by Crippen LogP contribution is -2.63. The van der Waals surface area contributed by atoms with Gasteiger partial charge in [-0.15, -0.1) is 0 Å². The zero-order chi connectivity index (χ0) is 28.0. The summed E-state index contributed by atoms with van der Waals surface area (Å²) < 4.78 is 38.7. The number of rotatable bonds is 9. The van der Waals surface area contributed by atoms with E-state index in [1.54, 1.807) is 12.1 Å². The van der Waals surface area contributed by atoms with Crippen LogP contribution in [0.4, 0.5) is 0 Å². The highest BCUT2D eigenvalue weighted by atomic mass is 16.7. The summed E-state index contributed by atoms with van der Waals surface area (Å²) in [5.41, 5.74) is 0.687. The molecule has 1 saturated heterocycles. The Labute approximate surface area is 216 Å². The summed E-state index contributed by atoms with van der Waals surface area (Å²) in [6.45, 7) is 4.04. The molecule has 0 amide bonds. The van der Waals surface area contributed by atoms with E-state index in [0.717, 1.165) is 33.8 Å². The molecule has 3 rings (SSSR count). The van der Waals surface area contributed by atoms with Gasteiger partial charge in [0.15, 0.2) is 12.2 Å². The van der Waals surface area contributed by atoms with Crippen molar-refractivity contribution in [3.63, 3.8) is 0 Å². The van der Waals surface area contributed by atoms with Crippen molar-refractivity contribution < 1.29 is 61.9 Å². The highest BCUT2D eigenvalue weighted by Gasteiger charge is 2.53. The number of benzene rings is 1. The average Bonchev–Trinajstić information content (AvgIpc) is 3.29. The van der Waals surface area contributed by atoms with Crippen molar-refractivity contribution in [2.24, 2.45) is 0 Å². The van der Waals surface area contributed by atoms with E-state index in [-0.39, 0.29) is 5.75 Å². The first-order chi connectivity index (χ1) is 18.0. The van der Waals surface area contributed by atoms with Crippen LogP contribution in [0.5, 0.6) is 5.75 Å². The Kier molecular flexibility index (Phi) is 9.07. The van der Waals surface area contributed by atoms with E-state index < -0.39 is 67.2 Å². The van der Waals surface area contributed by atoms with Crippen molar-refractivity contribution in [1.82, 2.24) is 0 Å². The van der Waals surface area contributed by atoms with E-state index in [1.807, 2.05) is 0 Å². The maximum atomic E-state index is 12.0. The number of fused-ring (bicyclic) bond motifs is 1. The first kappa shape index (κ1) is 28.2. The van der Waals surface area contributed by atoms with Gasteiger partial charge < -0.3 is 37.9 Å². The summed E-state index contributed by atoms with van der Waals surface area (Å²) in [7, 11) is 0. The fraction of sp³-hybridized carbons (Fsp3) is 0.400. The number of carboxylic acid groups (broad SMARTS) is 1. The van der Waals surface area contributed by atoms with Gasteiger partial charge in [-0.1, -0.05) is 0 Å². The second-order valence-corrected chi connectivity index (χ2v) is 8.17. The SMILES string of the molecule is CC(=O)OC[C@H]1O[C@@H](Oc2c(C=CC(=O)O)ccc3occc23)[C@H](OC(C)=O)[C@@H](OC(C)=O)[C@@H]1OC(C)=O. The van der Waals surface area contributed by atoms with Crippen LogP contribution in [-0.2, 0) is 47.7 Å². The fourth-order valence-electron chi connectivity index (χ4n) is 3.86. The number of hydrogen-bond donors (Lipinski definition) is 1. The molecule has 38 heavy (non-hydrogen) atoms. The van der Waals surface area contributed by atoms with Gasteiger partial charge in [0.2, 0.25) is 12.4 Å². The molecule has 0 spiro atoms. The molecule has 0 unspecified atom stereocenters. The number of carbonyl (C=O) groups is 5. The van der Waals surface area contributed by atoms with Crippen molar-refractivity contribution in [3.05, 3.63) is 36.1 Å². The molecule has 2 heterocycles. The van der Waals surface area contributed by atoms with E-state index >= 15 is 0 Å². The molecule has 5 atom stereocenters. The van der Waals surface area contributed by atoms with Crippen LogP contribution >= 0.6 is 0 Å². The lowest BCUT2D eigenvalue weighted by molar-refractivity contribution is -0.288. The van der Waals surface area contributed by atoms with Gasteiger partial charge in [0, 0.05) is 39.3 Å². The Morgan fingerprint density at radius 2 is 1.50 bits per heavy atom. The molecule has 1 fully saturated rings. The predicted molar refractivity (Wildman–Crippen MR) is 125 cm³/mol. The number of carboxylic acids is 1.